The molecule has 0 bridgehead atoms. The first-order chi connectivity index (χ1) is 4.04. The van der Waals surface area contributed by atoms with Crippen molar-refractivity contribution in [2.75, 3.05) is 0 Å². The highest BCUT2D eigenvalue weighted by Gasteiger charge is 2.03. The van der Waals surface area contributed by atoms with Crippen molar-refractivity contribution in [1.29, 1.82) is 0 Å². The molecular formula is C4H3ClO4. The van der Waals surface area contributed by atoms with Gasteiger partial charge in [-0.2, -0.15) is 0 Å². The molecule has 0 heterocycles. The lowest BCUT2D eigenvalue weighted by molar-refractivity contribution is -0.134. The molecule has 5 heteroatoms. The van der Waals surface area contributed by atoms with E-state index in [-0.39, 0.29) is 0 Å². The number of carboxylic acids is 2. The summed E-state index contributed by atoms with van der Waals surface area (Å²) in [7, 11) is 0. The maximum absolute atomic E-state index is 9.77. The van der Waals surface area contributed by atoms with Crippen molar-refractivity contribution < 1.29 is 19.8 Å². The molecule has 0 atom stereocenters. The zero-order valence-electron chi connectivity index (χ0n) is 4.17. The summed E-state index contributed by atoms with van der Waals surface area (Å²) in [6.45, 7) is 0. The van der Waals surface area contributed by atoms with Crippen LogP contribution < -0.4 is 0 Å². The van der Waals surface area contributed by atoms with Crippen molar-refractivity contribution in [3.63, 3.8) is 0 Å². The maximum atomic E-state index is 9.77. The molecule has 0 saturated heterocycles. The van der Waals surface area contributed by atoms with E-state index in [1.165, 1.54) is 0 Å². The van der Waals surface area contributed by atoms with Crippen molar-refractivity contribution >= 4 is 23.5 Å². The lowest BCUT2D eigenvalue weighted by Crippen LogP contribution is -1.97. The molecule has 0 aliphatic carbocycles. The normalized spacial score (nSPS) is 11.0. The van der Waals surface area contributed by atoms with E-state index < -0.39 is 17.0 Å². The van der Waals surface area contributed by atoms with Gasteiger partial charge in [0.2, 0.25) is 0 Å². The summed E-state index contributed by atoms with van der Waals surface area (Å²) in [5.74, 6) is -2.82. The zero-order chi connectivity index (χ0) is 7.44. The smallest absolute Gasteiger partial charge is 0.347 e. The fourth-order valence-corrected chi connectivity index (χ4v) is 0.263. The third kappa shape index (κ3) is 3.54. The molecule has 9 heavy (non-hydrogen) atoms. The molecule has 0 aromatic rings. The van der Waals surface area contributed by atoms with Crippen LogP contribution in [0.25, 0.3) is 0 Å². The lowest BCUT2D eigenvalue weighted by atomic mass is 10.5. The summed E-state index contributed by atoms with van der Waals surface area (Å²) in [6.07, 6.45) is 0.407. The Balaban J connectivity index is 4.17. The Morgan fingerprint density at radius 1 is 1.33 bits per heavy atom. The molecule has 0 rings (SSSR count). The fraction of sp³-hybridized carbons (Fsp3) is 0. The predicted molar refractivity (Wildman–Crippen MR) is 29.2 cm³/mol. The van der Waals surface area contributed by atoms with Gasteiger partial charge in [-0.15, -0.1) is 0 Å². The molecule has 0 amide bonds. The van der Waals surface area contributed by atoms with Crippen LogP contribution in [0.3, 0.4) is 0 Å². The molecule has 0 radical (unpaired) electrons. The van der Waals surface area contributed by atoms with Crippen LogP contribution in [-0.2, 0) is 9.59 Å². The Labute approximate surface area is 55.4 Å². The Morgan fingerprint density at radius 3 is 1.89 bits per heavy atom. The predicted octanol–water partition coefficient (Wildman–Crippen LogP) is 0.278. The summed E-state index contributed by atoms with van der Waals surface area (Å²) < 4.78 is 0. The average molecular weight is 151 g/mol. The van der Waals surface area contributed by atoms with E-state index in [4.69, 9.17) is 21.8 Å². The first kappa shape index (κ1) is 7.97. The van der Waals surface area contributed by atoms with E-state index in [0.29, 0.717) is 6.08 Å². The van der Waals surface area contributed by atoms with Crippen LogP contribution in [0.1, 0.15) is 0 Å². The Bertz CT molecular complexity index is 171. The molecule has 0 aromatic carbocycles. The second kappa shape index (κ2) is 3.09. The first-order valence-electron chi connectivity index (χ1n) is 1.87. The average Bonchev–Trinajstić information content (AvgIpc) is 1.63. The van der Waals surface area contributed by atoms with Crippen LogP contribution in [0.15, 0.2) is 11.1 Å². The van der Waals surface area contributed by atoms with E-state index in [0.717, 1.165) is 0 Å². The van der Waals surface area contributed by atoms with Crippen molar-refractivity contribution in [3.8, 4) is 0 Å². The number of halogens is 1. The maximum Gasteiger partial charge on any atom is 0.347 e. The van der Waals surface area contributed by atoms with Gasteiger partial charge in [-0.1, -0.05) is 11.6 Å². The minimum atomic E-state index is -1.45. The third-order valence-electron chi connectivity index (χ3n) is 0.455. The Morgan fingerprint density at radius 2 is 1.78 bits per heavy atom. The summed E-state index contributed by atoms with van der Waals surface area (Å²) in [6, 6.07) is 0. The van der Waals surface area contributed by atoms with E-state index >= 15 is 0 Å². The summed E-state index contributed by atoms with van der Waals surface area (Å²) in [4.78, 5) is 19.5. The van der Waals surface area contributed by atoms with Gasteiger partial charge in [-0.3, -0.25) is 0 Å². The molecule has 0 saturated carbocycles. The molecule has 50 valence electrons. The number of carboxylic acid groups (broad SMARTS) is 2. The minimum Gasteiger partial charge on any atom is -0.478 e. The van der Waals surface area contributed by atoms with Gasteiger partial charge < -0.3 is 10.2 Å². The fourth-order valence-electron chi connectivity index (χ4n) is 0.170. The van der Waals surface area contributed by atoms with Gasteiger partial charge in [0.15, 0.2) is 0 Å². The number of hydrogen-bond acceptors (Lipinski definition) is 2. The van der Waals surface area contributed by atoms with Crippen LogP contribution >= 0.6 is 11.6 Å². The molecule has 0 spiro atoms. The van der Waals surface area contributed by atoms with Gasteiger partial charge >= 0.3 is 11.9 Å². The zero-order valence-corrected chi connectivity index (χ0v) is 4.92. The van der Waals surface area contributed by atoms with Crippen molar-refractivity contribution in [3.05, 3.63) is 11.1 Å². The first-order valence-corrected chi connectivity index (χ1v) is 2.25. The molecule has 0 unspecified atom stereocenters. The van der Waals surface area contributed by atoms with Gasteiger partial charge in [-0.05, 0) is 0 Å². The standard InChI is InChI=1S/C4H3ClO4/c5-2(4(8)9)1-3(6)7/h1H,(H,6,7)(H,8,9)/b2-1-. The van der Waals surface area contributed by atoms with Gasteiger partial charge in [0.1, 0.15) is 5.03 Å². The number of aliphatic carboxylic acids is 2. The topological polar surface area (TPSA) is 74.6 Å². The van der Waals surface area contributed by atoms with Gasteiger partial charge in [0.25, 0.3) is 0 Å². The summed E-state index contributed by atoms with van der Waals surface area (Å²) >= 11 is 4.89. The molecule has 0 fully saturated rings. The van der Waals surface area contributed by atoms with Crippen molar-refractivity contribution in [1.82, 2.24) is 0 Å². The van der Waals surface area contributed by atoms with E-state index in [1.54, 1.807) is 0 Å². The van der Waals surface area contributed by atoms with E-state index in [2.05, 4.69) is 0 Å². The Kier molecular flexibility index (Phi) is 2.73. The molecule has 0 aromatic heterocycles. The molecule has 4 nitrogen and oxygen atoms in total. The summed E-state index contributed by atoms with van der Waals surface area (Å²) in [5, 5.41) is 15.2. The van der Waals surface area contributed by atoms with Gasteiger partial charge in [0.05, 0.1) is 0 Å². The third-order valence-corrected chi connectivity index (χ3v) is 0.725. The lowest BCUT2D eigenvalue weighted by Gasteiger charge is -1.83. The number of carbonyl (C=O) groups is 2. The van der Waals surface area contributed by atoms with Crippen molar-refractivity contribution in [2.24, 2.45) is 0 Å². The van der Waals surface area contributed by atoms with Crippen molar-refractivity contribution in [2.45, 2.75) is 0 Å². The van der Waals surface area contributed by atoms with Gasteiger partial charge in [-0.25, -0.2) is 9.59 Å². The highest BCUT2D eigenvalue weighted by atomic mass is 35.5. The summed E-state index contributed by atoms with van der Waals surface area (Å²) in [5.41, 5.74) is 0. The molecule has 2 N–H and O–H groups in total. The van der Waals surface area contributed by atoms with Crippen LogP contribution in [0, 0.1) is 0 Å². The number of rotatable bonds is 2. The van der Waals surface area contributed by atoms with Crippen LogP contribution in [-0.4, -0.2) is 22.2 Å². The monoisotopic (exact) mass is 150 g/mol. The highest BCUT2D eigenvalue weighted by Crippen LogP contribution is 1.98. The minimum absolute atomic E-state index is 0.407. The highest BCUT2D eigenvalue weighted by molar-refractivity contribution is 6.42. The quantitative estimate of drug-likeness (QED) is 0.555. The van der Waals surface area contributed by atoms with Crippen LogP contribution in [0.4, 0.5) is 0 Å². The van der Waals surface area contributed by atoms with Crippen LogP contribution in [0.5, 0.6) is 0 Å². The molecule has 0 aliphatic heterocycles. The van der Waals surface area contributed by atoms with Gasteiger partial charge in [0, 0.05) is 6.08 Å². The SMILES string of the molecule is O=C(O)/C=C(\Cl)C(=O)O. The molecular weight excluding hydrogens is 147 g/mol. The van der Waals surface area contributed by atoms with E-state index in [1.807, 2.05) is 0 Å². The number of hydrogen-bond donors (Lipinski definition) is 2. The molecule has 0 aliphatic rings. The second-order valence-electron chi connectivity index (χ2n) is 1.14. The largest absolute Gasteiger partial charge is 0.478 e. The second-order valence-corrected chi connectivity index (χ2v) is 1.54. The van der Waals surface area contributed by atoms with E-state index in [9.17, 15) is 9.59 Å². The van der Waals surface area contributed by atoms with Crippen LogP contribution in [0.2, 0.25) is 0 Å². The Hall–Kier alpha value is -1.03.